The van der Waals surface area contributed by atoms with Crippen molar-refractivity contribution in [2.45, 2.75) is 0 Å². The van der Waals surface area contributed by atoms with Gasteiger partial charge in [-0.2, -0.15) is 0 Å². The van der Waals surface area contributed by atoms with E-state index in [0.29, 0.717) is 22.9 Å². The normalized spacial score (nSPS) is 10.1. The van der Waals surface area contributed by atoms with Crippen molar-refractivity contribution in [3.63, 3.8) is 0 Å². The van der Waals surface area contributed by atoms with Crippen LogP contribution in [0.25, 0.3) is 0 Å². The highest BCUT2D eigenvalue weighted by Crippen LogP contribution is 2.29. The smallest absolute Gasteiger partial charge is 0.256 e. The van der Waals surface area contributed by atoms with Gasteiger partial charge in [0.25, 0.3) is 11.8 Å². The van der Waals surface area contributed by atoms with Crippen molar-refractivity contribution in [3.8, 4) is 11.5 Å². The van der Waals surface area contributed by atoms with E-state index in [0.717, 1.165) is 0 Å². The maximum Gasteiger partial charge on any atom is 0.256 e. The van der Waals surface area contributed by atoms with Crippen molar-refractivity contribution in [2.75, 3.05) is 24.9 Å². The molecule has 0 aliphatic carbocycles. The van der Waals surface area contributed by atoms with Crippen LogP contribution >= 0.6 is 0 Å². The average Bonchev–Trinajstić information content (AvgIpc) is 2.79. The summed E-state index contributed by atoms with van der Waals surface area (Å²) in [6.07, 6.45) is 0. The van der Waals surface area contributed by atoms with Gasteiger partial charge in [-0.15, -0.1) is 0 Å². The van der Waals surface area contributed by atoms with Crippen LogP contribution in [-0.2, 0) is 0 Å². The first kappa shape index (κ1) is 21.4. The Balaban J connectivity index is 1.78. The minimum atomic E-state index is -1.45. The zero-order valence-corrected chi connectivity index (χ0v) is 16.8. The lowest BCUT2D eigenvalue weighted by atomic mass is 10.1. The highest BCUT2D eigenvalue weighted by atomic mass is 16.5. The van der Waals surface area contributed by atoms with E-state index in [-0.39, 0.29) is 16.7 Å². The molecule has 0 saturated heterocycles. The Hall–Kier alpha value is -4.33. The summed E-state index contributed by atoms with van der Waals surface area (Å²) in [6, 6.07) is 16.9. The Kier molecular flexibility index (Phi) is 6.51. The number of rotatable bonds is 7. The molecule has 0 radical (unpaired) electrons. The number of carboxylic acids is 1. The largest absolute Gasteiger partial charge is 0.545 e. The van der Waals surface area contributed by atoms with Crippen LogP contribution in [0.15, 0.2) is 66.7 Å². The lowest BCUT2D eigenvalue weighted by Gasteiger charge is -2.13. The topological polar surface area (TPSA) is 117 Å². The molecule has 2 amide bonds. The Labute approximate surface area is 178 Å². The van der Waals surface area contributed by atoms with E-state index >= 15 is 0 Å². The van der Waals surface area contributed by atoms with Crippen LogP contribution in [0.2, 0.25) is 0 Å². The number of carbonyl (C=O) groups is 3. The summed E-state index contributed by atoms with van der Waals surface area (Å²) in [5.74, 6) is -1.50. The molecule has 3 aromatic rings. The number of ether oxygens (including phenoxy) is 2. The van der Waals surface area contributed by atoms with E-state index < -0.39 is 17.8 Å². The van der Waals surface area contributed by atoms with E-state index in [1.807, 2.05) is 0 Å². The third-order valence-electron chi connectivity index (χ3n) is 4.43. The number of carboxylic acid groups (broad SMARTS) is 1. The predicted molar refractivity (Wildman–Crippen MR) is 113 cm³/mol. The monoisotopic (exact) mass is 419 g/mol. The first-order valence-electron chi connectivity index (χ1n) is 9.18. The highest BCUT2D eigenvalue weighted by Gasteiger charge is 2.14. The SMILES string of the molecule is COc1ccc(NC(=O)c2cccc(NC(=O)c3ccccc3C(=O)[O-])c2)c(OC)c1. The fraction of sp³-hybridized carbons (Fsp3) is 0.0870. The van der Waals surface area contributed by atoms with Gasteiger partial charge >= 0.3 is 0 Å². The average molecular weight is 419 g/mol. The summed E-state index contributed by atoms with van der Waals surface area (Å²) in [6.45, 7) is 0. The molecular formula is C23H19N2O6-. The number of hydrogen-bond acceptors (Lipinski definition) is 6. The molecule has 2 N–H and O–H groups in total. The summed E-state index contributed by atoms with van der Waals surface area (Å²) in [5.41, 5.74) is 0.794. The standard InChI is InChI=1S/C23H20N2O6/c1-30-16-10-11-19(20(13-16)31-2)25-21(26)14-6-5-7-15(12-14)24-22(27)17-8-3-4-9-18(17)23(28)29/h3-13H,1-2H3,(H,24,27)(H,25,26)(H,28,29)/p-1. The third-order valence-corrected chi connectivity index (χ3v) is 4.43. The number of methoxy groups -OCH3 is 2. The van der Waals surface area contributed by atoms with Gasteiger partial charge < -0.3 is 30.0 Å². The Morgan fingerprint density at radius 2 is 1.52 bits per heavy atom. The summed E-state index contributed by atoms with van der Waals surface area (Å²) >= 11 is 0. The minimum Gasteiger partial charge on any atom is -0.545 e. The second-order valence-corrected chi connectivity index (χ2v) is 6.39. The van der Waals surface area contributed by atoms with Crippen molar-refractivity contribution in [2.24, 2.45) is 0 Å². The van der Waals surface area contributed by atoms with Crippen LogP contribution in [0.5, 0.6) is 11.5 Å². The number of aromatic carboxylic acids is 1. The number of benzene rings is 3. The predicted octanol–water partition coefficient (Wildman–Crippen LogP) is 2.57. The molecule has 0 aliphatic heterocycles. The van der Waals surface area contributed by atoms with E-state index in [4.69, 9.17) is 9.47 Å². The maximum absolute atomic E-state index is 12.7. The van der Waals surface area contributed by atoms with E-state index in [1.165, 1.54) is 38.5 Å². The summed E-state index contributed by atoms with van der Waals surface area (Å²) in [4.78, 5) is 36.4. The molecule has 0 heterocycles. The molecule has 31 heavy (non-hydrogen) atoms. The molecule has 0 aromatic heterocycles. The summed E-state index contributed by atoms with van der Waals surface area (Å²) in [7, 11) is 3.00. The zero-order chi connectivity index (χ0) is 22.4. The van der Waals surface area contributed by atoms with Gasteiger partial charge in [0.05, 0.1) is 25.9 Å². The number of anilines is 2. The first-order valence-corrected chi connectivity index (χ1v) is 9.18. The Morgan fingerprint density at radius 1 is 0.774 bits per heavy atom. The fourth-order valence-corrected chi connectivity index (χ4v) is 2.89. The molecule has 0 aliphatic rings. The lowest BCUT2D eigenvalue weighted by molar-refractivity contribution is -0.255. The minimum absolute atomic E-state index is 0.0414. The molecule has 0 fully saturated rings. The van der Waals surface area contributed by atoms with Gasteiger partial charge in [-0.25, -0.2) is 0 Å². The van der Waals surface area contributed by atoms with Crippen molar-refractivity contribution in [1.82, 2.24) is 0 Å². The van der Waals surface area contributed by atoms with Gasteiger partial charge in [0.1, 0.15) is 11.5 Å². The Bertz CT molecular complexity index is 1140. The van der Waals surface area contributed by atoms with Crippen molar-refractivity contribution < 1.29 is 29.0 Å². The van der Waals surface area contributed by atoms with E-state index in [1.54, 1.807) is 42.5 Å². The van der Waals surface area contributed by atoms with Crippen molar-refractivity contribution in [1.29, 1.82) is 0 Å². The van der Waals surface area contributed by atoms with Gasteiger partial charge in [-0.3, -0.25) is 9.59 Å². The van der Waals surface area contributed by atoms with Gasteiger partial charge in [-0.1, -0.05) is 24.3 Å². The molecule has 3 rings (SSSR count). The van der Waals surface area contributed by atoms with Gasteiger partial charge in [0, 0.05) is 28.4 Å². The molecule has 8 nitrogen and oxygen atoms in total. The first-order chi connectivity index (χ1) is 14.9. The summed E-state index contributed by atoms with van der Waals surface area (Å²) in [5, 5.41) is 16.6. The van der Waals surface area contributed by atoms with Crippen LogP contribution in [0, 0.1) is 0 Å². The molecule has 158 valence electrons. The fourth-order valence-electron chi connectivity index (χ4n) is 2.89. The Morgan fingerprint density at radius 3 is 2.19 bits per heavy atom. The van der Waals surface area contributed by atoms with Crippen LogP contribution < -0.4 is 25.2 Å². The van der Waals surface area contributed by atoms with Crippen LogP contribution in [0.4, 0.5) is 11.4 Å². The van der Waals surface area contributed by atoms with Crippen molar-refractivity contribution in [3.05, 3.63) is 83.4 Å². The van der Waals surface area contributed by atoms with Crippen LogP contribution in [0.3, 0.4) is 0 Å². The van der Waals surface area contributed by atoms with Gasteiger partial charge in [0.15, 0.2) is 0 Å². The molecule has 0 spiro atoms. The van der Waals surface area contributed by atoms with Gasteiger partial charge in [0.2, 0.25) is 0 Å². The molecule has 8 heteroatoms. The molecule has 0 unspecified atom stereocenters. The van der Waals surface area contributed by atoms with E-state index in [2.05, 4.69) is 10.6 Å². The molecular weight excluding hydrogens is 400 g/mol. The highest BCUT2D eigenvalue weighted by molar-refractivity contribution is 6.11. The lowest BCUT2D eigenvalue weighted by Crippen LogP contribution is -2.26. The number of nitrogens with one attached hydrogen (secondary N) is 2. The third kappa shape index (κ3) is 4.99. The summed E-state index contributed by atoms with van der Waals surface area (Å²) < 4.78 is 10.4. The molecule has 0 bridgehead atoms. The second-order valence-electron chi connectivity index (χ2n) is 6.39. The van der Waals surface area contributed by atoms with Crippen LogP contribution in [-0.4, -0.2) is 32.0 Å². The quantitative estimate of drug-likeness (QED) is 0.608. The molecule has 3 aromatic carbocycles. The second kappa shape index (κ2) is 9.45. The number of amides is 2. The molecule has 0 atom stereocenters. The van der Waals surface area contributed by atoms with E-state index in [9.17, 15) is 19.5 Å². The van der Waals surface area contributed by atoms with Crippen LogP contribution in [0.1, 0.15) is 31.1 Å². The van der Waals surface area contributed by atoms with Gasteiger partial charge in [-0.05, 0) is 36.4 Å². The zero-order valence-electron chi connectivity index (χ0n) is 16.8. The number of hydrogen-bond donors (Lipinski definition) is 2. The van der Waals surface area contributed by atoms with Crippen molar-refractivity contribution >= 4 is 29.2 Å². The number of carbonyl (C=O) groups excluding carboxylic acids is 3. The maximum atomic E-state index is 12.7. The molecule has 0 saturated carbocycles.